The van der Waals surface area contributed by atoms with E-state index in [1.165, 1.54) is 6.42 Å². The second-order valence-corrected chi connectivity index (χ2v) is 6.77. The normalized spacial score (nSPS) is 23.5. The number of fused-ring (bicyclic) bond motifs is 1. The zero-order chi connectivity index (χ0) is 17.1. The minimum atomic E-state index is -0.0576. The van der Waals surface area contributed by atoms with Crippen LogP contribution in [0.4, 0.5) is 10.5 Å². The summed E-state index contributed by atoms with van der Waals surface area (Å²) in [5.41, 5.74) is 0.731. The third kappa shape index (κ3) is 3.99. The van der Waals surface area contributed by atoms with Gasteiger partial charge in [0.2, 0.25) is 6.79 Å². The Morgan fingerprint density at radius 1 is 1.12 bits per heavy atom. The molecule has 2 amide bonds. The van der Waals surface area contributed by atoms with Gasteiger partial charge >= 0.3 is 6.03 Å². The Bertz CT molecular complexity index is 618. The van der Waals surface area contributed by atoms with Crippen molar-refractivity contribution >= 4 is 11.7 Å². The highest BCUT2D eigenvalue weighted by molar-refractivity contribution is 5.89. The van der Waals surface area contributed by atoms with E-state index in [4.69, 9.17) is 14.2 Å². The Labute approximate surface area is 147 Å². The molecule has 1 atom stereocenters. The van der Waals surface area contributed by atoms with E-state index in [1.807, 2.05) is 23.1 Å². The predicted octanol–water partition coefficient (Wildman–Crippen LogP) is 2.13. The summed E-state index contributed by atoms with van der Waals surface area (Å²) in [5, 5.41) is 2.97. The van der Waals surface area contributed by atoms with Gasteiger partial charge in [-0.3, -0.25) is 4.90 Å². The lowest BCUT2D eigenvalue weighted by molar-refractivity contribution is 0.0747. The fraction of sp³-hybridized carbons (Fsp3) is 0.611. The standard InChI is InChI=1S/C18H25N3O4/c22-18(19-14-4-5-16-17(11-14)25-13-24-16)21-7-2-6-20(8-9-21)12-15-3-1-10-23-15/h4-5,11,15H,1-3,6-10,12-13H2,(H,19,22)/t15-/m1/s1. The van der Waals surface area contributed by atoms with E-state index in [1.54, 1.807) is 0 Å². The van der Waals surface area contributed by atoms with Crippen molar-refractivity contribution < 1.29 is 19.0 Å². The van der Waals surface area contributed by atoms with Gasteiger partial charge in [-0.05, 0) is 37.9 Å². The van der Waals surface area contributed by atoms with E-state index in [2.05, 4.69) is 10.2 Å². The second-order valence-electron chi connectivity index (χ2n) is 6.77. The van der Waals surface area contributed by atoms with E-state index in [0.29, 0.717) is 11.9 Å². The summed E-state index contributed by atoms with van der Waals surface area (Å²) in [7, 11) is 0. The minimum Gasteiger partial charge on any atom is -0.454 e. The molecule has 136 valence electrons. The lowest BCUT2D eigenvalue weighted by Crippen LogP contribution is -2.39. The second kappa shape index (κ2) is 7.49. The first kappa shape index (κ1) is 16.5. The minimum absolute atomic E-state index is 0.0576. The van der Waals surface area contributed by atoms with Crippen LogP contribution in [0.2, 0.25) is 0 Å². The van der Waals surface area contributed by atoms with Crippen molar-refractivity contribution in [3.8, 4) is 11.5 Å². The molecule has 0 aromatic heterocycles. The maximum atomic E-state index is 12.6. The molecule has 7 nitrogen and oxygen atoms in total. The largest absolute Gasteiger partial charge is 0.454 e. The number of anilines is 1. The highest BCUT2D eigenvalue weighted by Gasteiger charge is 2.23. The summed E-state index contributed by atoms with van der Waals surface area (Å²) in [5.74, 6) is 1.40. The Morgan fingerprint density at radius 3 is 2.92 bits per heavy atom. The first-order valence-corrected chi connectivity index (χ1v) is 9.07. The molecule has 0 aliphatic carbocycles. The SMILES string of the molecule is O=C(Nc1ccc2c(c1)OCO2)N1CCCN(C[C@H]2CCCO2)CC1. The molecule has 1 aromatic carbocycles. The van der Waals surface area contributed by atoms with Crippen molar-refractivity contribution in [2.45, 2.75) is 25.4 Å². The van der Waals surface area contributed by atoms with Gasteiger partial charge < -0.3 is 24.4 Å². The fourth-order valence-electron chi connectivity index (χ4n) is 3.61. The molecule has 2 saturated heterocycles. The molecule has 4 rings (SSSR count). The van der Waals surface area contributed by atoms with Crippen LogP contribution in [0.5, 0.6) is 11.5 Å². The molecule has 0 spiro atoms. The molecule has 3 aliphatic heterocycles. The number of rotatable bonds is 3. The zero-order valence-electron chi connectivity index (χ0n) is 14.4. The van der Waals surface area contributed by atoms with Gasteiger partial charge in [-0.2, -0.15) is 0 Å². The molecule has 7 heteroatoms. The predicted molar refractivity (Wildman–Crippen MR) is 93.2 cm³/mol. The third-order valence-corrected chi connectivity index (χ3v) is 4.99. The van der Waals surface area contributed by atoms with Crippen molar-refractivity contribution in [3.05, 3.63) is 18.2 Å². The fourth-order valence-corrected chi connectivity index (χ4v) is 3.61. The molecule has 3 heterocycles. The Kier molecular flexibility index (Phi) is 4.94. The number of nitrogens with zero attached hydrogens (tertiary/aromatic N) is 2. The van der Waals surface area contributed by atoms with Crippen LogP contribution in [0.15, 0.2) is 18.2 Å². The van der Waals surface area contributed by atoms with Gasteiger partial charge in [-0.25, -0.2) is 4.79 Å². The lowest BCUT2D eigenvalue weighted by Gasteiger charge is -2.24. The Hall–Kier alpha value is -1.99. The number of carbonyl (C=O) groups excluding carboxylic acids is 1. The number of urea groups is 1. The molecule has 0 saturated carbocycles. The van der Waals surface area contributed by atoms with Gasteiger partial charge in [0.1, 0.15) is 0 Å². The van der Waals surface area contributed by atoms with Crippen LogP contribution in [0, 0.1) is 0 Å². The molecule has 3 aliphatic rings. The summed E-state index contributed by atoms with van der Waals surface area (Å²) in [6, 6.07) is 5.41. The number of carbonyl (C=O) groups is 1. The van der Waals surface area contributed by atoms with Gasteiger partial charge in [-0.1, -0.05) is 0 Å². The summed E-state index contributed by atoms with van der Waals surface area (Å²) in [6.07, 6.45) is 3.68. The van der Waals surface area contributed by atoms with Gasteiger partial charge in [0.05, 0.1) is 6.10 Å². The molecular formula is C18H25N3O4. The van der Waals surface area contributed by atoms with Crippen molar-refractivity contribution in [3.63, 3.8) is 0 Å². The maximum absolute atomic E-state index is 12.6. The summed E-state index contributed by atoms with van der Waals surface area (Å²) >= 11 is 0. The third-order valence-electron chi connectivity index (χ3n) is 4.99. The summed E-state index contributed by atoms with van der Waals surface area (Å²) in [4.78, 5) is 16.9. The van der Waals surface area contributed by atoms with Crippen LogP contribution in [0.3, 0.4) is 0 Å². The first-order valence-electron chi connectivity index (χ1n) is 9.07. The van der Waals surface area contributed by atoms with Crippen molar-refractivity contribution in [1.29, 1.82) is 0 Å². The Balaban J connectivity index is 1.30. The van der Waals surface area contributed by atoms with Crippen LogP contribution >= 0.6 is 0 Å². The number of nitrogens with one attached hydrogen (secondary N) is 1. The monoisotopic (exact) mass is 347 g/mol. The number of ether oxygens (including phenoxy) is 3. The topological polar surface area (TPSA) is 63.3 Å². The van der Waals surface area contributed by atoms with Crippen molar-refractivity contribution in [1.82, 2.24) is 9.80 Å². The average Bonchev–Trinajstić information content (AvgIpc) is 3.23. The number of benzene rings is 1. The molecule has 1 N–H and O–H groups in total. The molecule has 25 heavy (non-hydrogen) atoms. The van der Waals surface area contributed by atoms with E-state index >= 15 is 0 Å². The number of hydrogen-bond acceptors (Lipinski definition) is 5. The quantitative estimate of drug-likeness (QED) is 0.908. The van der Waals surface area contributed by atoms with Gasteiger partial charge in [0.25, 0.3) is 0 Å². The number of amides is 2. The maximum Gasteiger partial charge on any atom is 0.321 e. The summed E-state index contributed by atoms with van der Waals surface area (Å²) < 4.78 is 16.4. The van der Waals surface area contributed by atoms with E-state index in [-0.39, 0.29) is 12.8 Å². The highest BCUT2D eigenvalue weighted by Crippen LogP contribution is 2.34. The van der Waals surface area contributed by atoms with Gasteiger partial charge in [0, 0.05) is 44.5 Å². The molecule has 0 radical (unpaired) electrons. The molecule has 1 aromatic rings. The average molecular weight is 347 g/mol. The lowest BCUT2D eigenvalue weighted by atomic mass is 10.2. The smallest absolute Gasteiger partial charge is 0.321 e. The van der Waals surface area contributed by atoms with Gasteiger partial charge in [0.15, 0.2) is 11.5 Å². The molecular weight excluding hydrogens is 322 g/mol. The van der Waals surface area contributed by atoms with Crippen LogP contribution in [-0.4, -0.2) is 68.1 Å². The van der Waals surface area contributed by atoms with Crippen LogP contribution in [0.25, 0.3) is 0 Å². The van der Waals surface area contributed by atoms with Crippen LogP contribution in [-0.2, 0) is 4.74 Å². The number of hydrogen-bond donors (Lipinski definition) is 1. The van der Waals surface area contributed by atoms with Crippen LogP contribution < -0.4 is 14.8 Å². The summed E-state index contributed by atoms with van der Waals surface area (Å²) in [6.45, 7) is 5.54. The molecule has 2 fully saturated rings. The zero-order valence-corrected chi connectivity index (χ0v) is 14.4. The van der Waals surface area contributed by atoms with Crippen LogP contribution in [0.1, 0.15) is 19.3 Å². The van der Waals surface area contributed by atoms with Gasteiger partial charge in [-0.15, -0.1) is 0 Å². The molecule has 0 unspecified atom stereocenters. The molecule has 0 bridgehead atoms. The van der Waals surface area contributed by atoms with Crippen molar-refractivity contribution in [2.75, 3.05) is 51.4 Å². The Morgan fingerprint density at radius 2 is 2.04 bits per heavy atom. The van der Waals surface area contributed by atoms with E-state index in [0.717, 1.165) is 63.6 Å². The van der Waals surface area contributed by atoms with E-state index < -0.39 is 0 Å². The van der Waals surface area contributed by atoms with Crippen molar-refractivity contribution in [2.24, 2.45) is 0 Å². The van der Waals surface area contributed by atoms with E-state index in [9.17, 15) is 4.79 Å². The highest BCUT2D eigenvalue weighted by atomic mass is 16.7. The first-order chi connectivity index (χ1) is 12.3.